The molecule has 0 radical (unpaired) electrons. The molecule has 1 aromatic rings. The number of halogens is 2. The Hall–Kier alpha value is -1.40. The van der Waals surface area contributed by atoms with Crippen molar-refractivity contribution in [1.29, 1.82) is 0 Å². The Bertz CT molecular complexity index is 430. The highest BCUT2D eigenvalue weighted by Crippen LogP contribution is 2.30. The molecule has 1 saturated heterocycles. The average Bonchev–Trinajstić information content (AvgIpc) is 2.64. The third-order valence-electron chi connectivity index (χ3n) is 2.70. The van der Waals surface area contributed by atoms with Crippen molar-refractivity contribution in [3.8, 4) is 0 Å². The lowest BCUT2D eigenvalue weighted by atomic mass is 10.2. The summed E-state index contributed by atoms with van der Waals surface area (Å²) in [5.74, 6) is -0.598. The van der Waals surface area contributed by atoms with Crippen molar-refractivity contribution in [1.82, 2.24) is 0 Å². The van der Waals surface area contributed by atoms with Gasteiger partial charge in [-0.15, -0.1) is 12.4 Å². The molecule has 2 rings (SSSR count). The third-order valence-corrected chi connectivity index (χ3v) is 2.70. The molecule has 1 heterocycles. The van der Waals surface area contributed by atoms with Gasteiger partial charge in [0.25, 0.3) is 5.69 Å². The van der Waals surface area contributed by atoms with E-state index in [1.807, 2.05) is 4.90 Å². The Balaban J connectivity index is 0.00000144. The number of hydrogen-bond donors (Lipinski definition) is 1. The van der Waals surface area contributed by atoms with Crippen LogP contribution in [0.4, 0.5) is 15.8 Å². The topological polar surface area (TPSA) is 72.4 Å². The van der Waals surface area contributed by atoms with Crippen LogP contribution in [0.25, 0.3) is 0 Å². The molecule has 17 heavy (non-hydrogen) atoms. The molecule has 1 fully saturated rings. The van der Waals surface area contributed by atoms with Crippen molar-refractivity contribution in [2.75, 3.05) is 18.0 Å². The van der Waals surface area contributed by atoms with Crippen LogP contribution in [0.1, 0.15) is 6.42 Å². The number of nitro groups is 1. The van der Waals surface area contributed by atoms with Gasteiger partial charge in [-0.05, 0) is 18.6 Å². The van der Waals surface area contributed by atoms with Crippen LogP contribution in [0, 0.1) is 15.9 Å². The molecule has 5 nitrogen and oxygen atoms in total. The molecule has 0 spiro atoms. The minimum Gasteiger partial charge on any atom is -0.364 e. The molecule has 2 N–H and O–H groups in total. The molecule has 1 aliphatic heterocycles. The van der Waals surface area contributed by atoms with E-state index in [1.54, 1.807) is 0 Å². The van der Waals surface area contributed by atoms with E-state index in [2.05, 4.69) is 0 Å². The lowest BCUT2D eigenvalue weighted by Crippen LogP contribution is -2.26. The first-order chi connectivity index (χ1) is 7.58. The van der Waals surface area contributed by atoms with Gasteiger partial charge in [0.1, 0.15) is 11.5 Å². The second kappa shape index (κ2) is 5.29. The second-order valence-corrected chi connectivity index (χ2v) is 3.88. The quantitative estimate of drug-likeness (QED) is 0.650. The number of nitro benzene ring substituents is 1. The monoisotopic (exact) mass is 261 g/mol. The van der Waals surface area contributed by atoms with Crippen molar-refractivity contribution in [2.45, 2.75) is 12.5 Å². The number of nitrogens with two attached hydrogens (primary N) is 1. The van der Waals surface area contributed by atoms with Crippen LogP contribution in [0.2, 0.25) is 0 Å². The Morgan fingerprint density at radius 1 is 1.53 bits per heavy atom. The molecule has 0 unspecified atom stereocenters. The molecular weight excluding hydrogens is 249 g/mol. The van der Waals surface area contributed by atoms with Gasteiger partial charge in [0, 0.05) is 19.1 Å². The lowest BCUT2D eigenvalue weighted by molar-refractivity contribution is -0.384. The predicted molar refractivity (Wildman–Crippen MR) is 65.1 cm³/mol. The van der Waals surface area contributed by atoms with E-state index in [9.17, 15) is 14.5 Å². The first-order valence-corrected chi connectivity index (χ1v) is 5.02. The number of hydrogen-bond acceptors (Lipinski definition) is 4. The first kappa shape index (κ1) is 13.7. The summed E-state index contributed by atoms with van der Waals surface area (Å²) in [6.07, 6.45) is 0.800. The number of nitrogens with zero attached hydrogens (tertiary/aromatic N) is 2. The molecular formula is C10H13ClFN3O2. The van der Waals surface area contributed by atoms with E-state index in [1.165, 1.54) is 12.1 Å². The average molecular weight is 262 g/mol. The van der Waals surface area contributed by atoms with Gasteiger partial charge in [0.2, 0.25) is 0 Å². The van der Waals surface area contributed by atoms with E-state index in [0.29, 0.717) is 18.8 Å². The van der Waals surface area contributed by atoms with Crippen LogP contribution in [0.3, 0.4) is 0 Å². The van der Waals surface area contributed by atoms with Crippen molar-refractivity contribution < 1.29 is 9.31 Å². The smallest absolute Gasteiger partial charge is 0.295 e. The fourth-order valence-corrected chi connectivity index (χ4v) is 1.92. The summed E-state index contributed by atoms with van der Waals surface area (Å²) >= 11 is 0. The molecule has 1 aromatic carbocycles. The van der Waals surface area contributed by atoms with Crippen LogP contribution in [-0.4, -0.2) is 24.1 Å². The van der Waals surface area contributed by atoms with Crippen LogP contribution in [0.5, 0.6) is 0 Å². The van der Waals surface area contributed by atoms with Gasteiger partial charge in [0.05, 0.1) is 11.0 Å². The molecule has 7 heteroatoms. The highest BCUT2D eigenvalue weighted by atomic mass is 35.5. The fraction of sp³-hybridized carbons (Fsp3) is 0.400. The van der Waals surface area contributed by atoms with E-state index >= 15 is 0 Å². The Morgan fingerprint density at radius 3 is 2.76 bits per heavy atom. The lowest BCUT2D eigenvalue weighted by Gasteiger charge is -2.17. The van der Waals surface area contributed by atoms with E-state index in [4.69, 9.17) is 5.73 Å². The predicted octanol–water partition coefficient (Wildman–Crippen LogP) is 1.69. The van der Waals surface area contributed by atoms with Gasteiger partial charge < -0.3 is 10.6 Å². The summed E-state index contributed by atoms with van der Waals surface area (Å²) < 4.78 is 12.9. The molecule has 0 aliphatic carbocycles. The zero-order valence-electron chi connectivity index (χ0n) is 9.01. The van der Waals surface area contributed by atoms with E-state index < -0.39 is 10.7 Å². The van der Waals surface area contributed by atoms with Gasteiger partial charge >= 0.3 is 0 Å². The highest BCUT2D eigenvalue weighted by Gasteiger charge is 2.25. The second-order valence-electron chi connectivity index (χ2n) is 3.88. The van der Waals surface area contributed by atoms with Crippen LogP contribution in [-0.2, 0) is 0 Å². The van der Waals surface area contributed by atoms with Crippen LogP contribution >= 0.6 is 12.4 Å². The molecule has 0 bridgehead atoms. The van der Waals surface area contributed by atoms with Gasteiger partial charge in [-0.3, -0.25) is 10.1 Å². The molecule has 94 valence electrons. The number of anilines is 1. The van der Waals surface area contributed by atoms with E-state index in [-0.39, 0.29) is 24.1 Å². The SMILES string of the molecule is Cl.N[C@@H]1CCN(c2ccc(F)cc2[N+](=O)[O-])C1. The standard InChI is InChI=1S/C10H12FN3O2.ClH/c11-7-1-2-9(10(5-7)14(15)16)13-4-3-8(12)6-13;/h1-2,5,8H,3-4,6,12H2;1H/t8-;/m1./s1. The van der Waals surface area contributed by atoms with Gasteiger partial charge in [0.15, 0.2) is 0 Å². The summed E-state index contributed by atoms with van der Waals surface area (Å²) in [4.78, 5) is 12.0. The fourth-order valence-electron chi connectivity index (χ4n) is 1.92. The van der Waals surface area contributed by atoms with E-state index in [0.717, 1.165) is 12.5 Å². The molecule has 0 saturated carbocycles. The summed E-state index contributed by atoms with van der Waals surface area (Å²) in [7, 11) is 0. The summed E-state index contributed by atoms with van der Waals surface area (Å²) in [6, 6.07) is 3.64. The van der Waals surface area contributed by atoms with Crippen LogP contribution < -0.4 is 10.6 Å². The maximum atomic E-state index is 12.9. The zero-order chi connectivity index (χ0) is 11.7. The highest BCUT2D eigenvalue weighted by molar-refractivity contribution is 5.85. The summed E-state index contributed by atoms with van der Waals surface area (Å²) in [5.41, 5.74) is 5.98. The molecule has 1 aliphatic rings. The van der Waals surface area contributed by atoms with Crippen molar-refractivity contribution in [2.24, 2.45) is 5.73 Å². The largest absolute Gasteiger partial charge is 0.364 e. The van der Waals surface area contributed by atoms with Gasteiger partial charge in [-0.25, -0.2) is 4.39 Å². The Kier molecular flexibility index (Phi) is 4.25. The third kappa shape index (κ3) is 2.83. The van der Waals surface area contributed by atoms with Crippen molar-refractivity contribution in [3.63, 3.8) is 0 Å². The minimum atomic E-state index is -0.598. The summed E-state index contributed by atoms with van der Waals surface area (Å²) in [5, 5.41) is 10.8. The van der Waals surface area contributed by atoms with Crippen molar-refractivity contribution >= 4 is 23.8 Å². The summed E-state index contributed by atoms with van der Waals surface area (Å²) in [6.45, 7) is 1.25. The van der Waals surface area contributed by atoms with Crippen molar-refractivity contribution in [3.05, 3.63) is 34.1 Å². The minimum absolute atomic E-state index is 0. The molecule has 0 aromatic heterocycles. The number of rotatable bonds is 2. The maximum Gasteiger partial charge on any atom is 0.295 e. The van der Waals surface area contributed by atoms with Gasteiger partial charge in [-0.1, -0.05) is 0 Å². The maximum absolute atomic E-state index is 12.9. The Labute approximate surface area is 104 Å². The van der Waals surface area contributed by atoms with Gasteiger partial charge in [-0.2, -0.15) is 0 Å². The first-order valence-electron chi connectivity index (χ1n) is 5.02. The number of benzene rings is 1. The van der Waals surface area contributed by atoms with Crippen LogP contribution in [0.15, 0.2) is 18.2 Å². The molecule has 0 amide bonds. The molecule has 1 atom stereocenters. The zero-order valence-corrected chi connectivity index (χ0v) is 9.82. The Morgan fingerprint density at radius 2 is 2.24 bits per heavy atom. The normalized spacial score (nSPS) is 18.9.